The van der Waals surface area contributed by atoms with Crippen molar-refractivity contribution in [1.29, 1.82) is 0 Å². The number of benzene rings is 1. The monoisotopic (exact) mass is 328 g/mol. The van der Waals surface area contributed by atoms with Crippen LogP contribution in [-0.2, 0) is 0 Å². The number of hydrogen-bond acceptors (Lipinski definition) is 4. The predicted octanol–water partition coefficient (Wildman–Crippen LogP) is 2.95. The molecule has 0 spiro atoms. The zero-order valence-corrected chi connectivity index (χ0v) is 12.3. The first-order chi connectivity index (χ1) is 8.99. The van der Waals surface area contributed by atoms with Crippen molar-refractivity contribution < 1.29 is 10.0 Å². The molecule has 1 unspecified atom stereocenters. The lowest BCUT2D eigenvalue weighted by atomic mass is 9.92. The second-order valence-corrected chi connectivity index (χ2v) is 5.81. The van der Waals surface area contributed by atoms with Gasteiger partial charge in [-0.15, -0.1) is 0 Å². The Kier molecular flexibility index (Phi) is 4.42. The lowest BCUT2D eigenvalue weighted by molar-refractivity contribution is -0.384. The Hall–Kier alpha value is -1.14. The fraction of sp³-hybridized carbons (Fsp3) is 0.538. The van der Waals surface area contributed by atoms with Gasteiger partial charge in [0.25, 0.3) is 5.69 Å². The summed E-state index contributed by atoms with van der Waals surface area (Å²) >= 11 is 3.40. The summed E-state index contributed by atoms with van der Waals surface area (Å²) in [5.74, 6) is 0.355. The van der Waals surface area contributed by atoms with Gasteiger partial charge in [-0.2, -0.15) is 0 Å². The second-order valence-electron chi connectivity index (χ2n) is 4.96. The van der Waals surface area contributed by atoms with E-state index < -0.39 is 4.92 Å². The van der Waals surface area contributed by atoms with Gasteiger partial charge in [0.2, 0.25) is 0 Å². The number of nitrogens with zero attached hydrogens (tertiary/aromatic N) is 2. The molecule has 19 heavy (non-hydrogen) atoms. The van der Waals surface area contributed by atoms with Crippen molar-refractivity contribution in [2.24, 2.45) is 5.92 Å². The highest BCUT2D eigenvalue weighted by molar-refractivity contribution is 9.10. The highest BCUT2D eigenvalue weighted by atomic mass is 79.9. The fourth-order valence-corrected chi connectivity index (χ4v) is 3.11. The highest BCUT2D eigenvalue weighted by Crippen LogP contribution is 2.33. The largest absolute Gasteiger partial charge is 0.393 e. The Bertz CT molecular complexity index is 471. The van der Waals surface area contributed by atoms with Crippen LogP contribution in [0.3, 0.4) is 0 Å². The number of piperidine rings is 1. The van der Waals surface area contributed by atoms with E-state index in [0.717, 1.165) is 36.1 Å². The first-order valence-corrected chi connectivity index (χ1v) is 7.15. The number of non-ortho nitro benzene ring substituents is 1. The van der Waals surface area contributed by atoms with Gasteiger partial charge in [-0.1, -0.05) is 0 Å². The van der Waals surface area contributed by atoms with E-state index in [9.17, 15) is 15.2 Å². The lowest BCUT2D eigenvalue weighted by Crippen LogP contribution is -2.37. The summed E-state index contributed by atoms with van der Waals surface area (Å²) in [6.07, 6.45) is 1.63. The van der Waals surface area contributed by atoms with E-state index in [-0.39, 0.29) is 11.8 Å². The minimum Gasteiger partial charge on any atom is -0.393 e. The van der Waals surface area contributed by atoms with Crippen LogP contribution in [0, 0.1) is 16.0 Å². The summed E-state index contributed by atoms with van der Waals surface area (Å²) in [5.41, 5.74) is 1.07. The molecule has 5 nitrogen and oxygen atoms in total. The molecule has 1 aromatic rings. The third-order valence-electron chi connectivity index (χ3n) is 3.70. The van der Waals surface area contributed by atoms with Crippen LogP contribution in [0.5, 0.6) is 0 Å². The summed E-state index contributed by atoms with van der Waals surface area (Å²) in [4.78, 5) is 12.5. The number of hydrogen-bond donors (Lipinski definition) is 1. The molecule has 1 atom stereocenters. The normalized spacial score (nSPS) is 18.4. The van der Waals surface area contributed by atoms with Crippen LogP contribution in [-0.4, -0.2) is 29.2 Å². The number of aliphatic hydroxyl groups excluding tert-OH is 1. The lowest BCUT2D eigenvalue weighted by Gasteiger charge is -2.35. The van der Waals surface area contributed by atoms with Gasteiger partial charge in [0.1, 0.15) is 0 Å². The quantitative estimate of drug-likeness (QED) is 0.684. The van der Waals surface area contributed by atoms with Crippen LogP contribution in [0.15, 0.2) is 22.7 Å². The van der Waals surface area contributed by atoms with Crippen LogP contribution in [0.2, 0.25) is 0 Å². The smallest absolute Gasteiger partial charge is 0.270 e. The van der Waals surface area contributed by atoms with Gasteiger partial charge in [-0.25, -0.2) is 0 Å². The van der Waals surface area contributed by atoms with Crippen molar-refractivity contribution in [1.82, 2.24) is 0 Å². The summed E-state index contributed by atoms with van der Waals surface area (Å²) in [6.45, 7) is 3.57. The Labute approximate surface area is 120 Å². The van der Waals surface area contributed by atoms with Gasteiger partial charge in [0.15, 0.2) is 0 Å². The summed E-state index contributed by atoms with van der Waals surface area (Å²) < 4.78 is 0.747. The number of nitro groups is 1. The molecule has 0 aromatic heterocycles. The number of nitro benzene ring substituents is 1. The highest BCUT2D eigenvalue weighted by Gasteiger charge is 2.24. The standard InChI is InChI=1S/C13H17BrN2O3/c1-9(17)10-4-6-15(7-5-10)13-3-2-11(16(18)19)8-12(13)14/h2-3,8-10,17H,4-7H2,1H3. The molecule has 0 aliphatic carbocycles. The Morgan fingerprint density at radius 1 is 1.47 bits per heavy atom. The molecule has 1 aromatic carbocycles. The van der Waals surface area contributed by atoms with Crippen molar-refractivity contribution in [3.63, 3.8) is 0 Å². The Morgan fingerprint density at radius 2 is 2.11 bits per heavy atom. The van der Waals surface area contributed by atoms with Crippen molar-refractivity contribution in [2.45, 2.75) is 25.9 Å². The molecule has 0 radical (unpaired) electrons. The molecule has 1 N–H and O–H groups in total. The minimum atomic E-state index is -0.395. The van der Waals surface area contributed by atoms with E-state index in [0.29, 0.717) is 5.92 Å². The minimum absolute atomic E-state index is 0.0921. The van der Waals surface area contributed by atoms with Gasteiger partial charge >= 0.3 is 0 Å². The molecule has 1 aliphatic rings. The van der Waals surface area contributed by atoms with Crippen molar-refractivity contribution in [3.8, 4) is 0 Å². The van der Waals surface area contributed by atoms with Crippen LogP contribution >= 0.6 is 15.9 Å². The van der Waals surface area contributed by atoms with Gasteiger partial charge in [-0.05, 0) is 47.7 Å². The van der Waals surface area contributed by atoms with E-state index in [1.54, 1.807) is 6.07 Å². The van der Waals surface area contributed by atoms with Crippen LogP contribution in [0.25, 0.3) is 0 Å². The van der Waals surface area contributed by atoms with Gasteiger partial charge in [0, 0.05) is 29.7 Å². The molecule has 1 saturated heterocycles. The summed E-state index contributed by atoms with van der Waals surface area (Å²) in [6, 6.07) is 4.85. The van der Waals surface area contributed by atoms with Crippen LogP contribution in [0.4, 0.5) is 11.4 Å². The van der Waals surface area contributed by atoms with E-state index in [1.165, 1.54) is 12.1 Å². The maximum absolute atomic E-state index is 10.7. The Morgan fingerprint density at radius 3 is 2.58 bits per heavy atom. The molecule has 1 heterocycles. The van der Waals surface area contributed by atoms with Crippen molar-refractivity contribution >= 4 is 27.3 Å². The molecule has 2 rings (SSSR count). The number of anilines is 1. The fourth-order valence-electron chi connectivity index (χ4n) is 2.49. The zero-order chi connectivity index (χ0) is 14.0. The molecule has 104 valence electrons. The molecule has 0 amide bonds. The first-order valence-electron chi connectivity index (χ1n) is 6.36. The average molecular weight is 329 g/mol. The van der Waals surface area contributed by atoms with Crippen LogP contribution < -0.4 is 4.90 Å². The van der Waals surface area contributed by atoms with Crippen LogP contribution in [0.1, 0.15) is 19.8 Å². The molecule has 1 aliphatic heterocycles. The summed E-state index contributed by atoms with van der Waals surface area (Å²) in [7, 11) is 0. The van der Waals surface area contributed by atoms with Gasteiger partial charge < -0.3 is 10.0 Å². The average Bonchev–Trinajstić information content (AvgIpc) is 2.38. The summed E-state index contributed by atoms with van der Waals surface area (Å²) in [5, 5.41) is 20.3. The van der Waals surface area contributed by atoms with Crippen molar-refractivity contribution in [2.75, 3.05) is 18.0 Å². The molecular formula is C13H17BrN2O3. The van der Waals surface area contributed by atoms with E-state index in [4.69, 9.17) is 0 Å². The molecular weight excluding hydrogens is 312 g/mol. The molecule has 6 heteroatoms. The van der Waals surface area contributed by atoms with E-state index in [2.05, 4.69) is 20.8 Å². The maximum atomic E-state index is 10.7. The van der Waals surface area contributed by atoms with E-state index >= 15 is 0 Å². The third-order valence-corrected chi connectivity index (χ3v) is 4.34. The maximum Gasteiger partial charge on any atom is 0.270 e. The topological polar surface area (TPSA) is 66.6 Å². The number of rotatable bonds is 3. The third kappa shape index (κ3) is 3.25. The zero-order valence-electron chi connectivity index (χ0n) is 10.8. The predicted molar refractivity (Wildman–Crippen MR) is 77.4 cm³/mol. The van der Waals surface area contributed by atoms with Gasteiger partial charge in [0.05, 0.1) is 16.7 Å². The molecule has 0 saturated carbocycles. The second kappa shape index (κ2) is 5.88. The SMILES string of the molecule is CC(O)C1CCN(c2ccc([N+](=O)[O-])cc2Br)CC1. The Balaban J connectivity index is 2.09. The number of halogens is 1. The first kappa shape index (κ1) is 14.3. The molecule has 1 fully saturated rings. The van der Waals surface area contributed by atoms with Crippen molar-refractivity contribution in [3.05, 3.63) is 32.8 Å². The van der Waals surface area contributed by atoms with Gasteiger partial charge in [-0.3, -0.25) is 10.1 Å². The molecule has 0 bridgehead atoms. The number of aliphatic hydroxyl groups is 1. The van der Waals surface area contributed by atoms with E-state index in [1.807, 2.05) is 6.92 Å².